The number of hydrogen-bond acceptors (Lipinski definition) is 5. The molecule has 0 bridgehead atoms. The third-order valence-corrected chi connectivity index (χ3v) is 3.12. The van der Waals surface area contributed by atoms with E-state index in [1.54, 1.807) is 0 Å². The van der Waals surface area contributed by atoms with E-state index in [2.05, 4.69) is 10.6 Å². The number of rotatable bonds is 10. The molecule has 9 heteroatoms. The van der Waals surface area contributed by atoms with Crippen LogP contribution in [0.15, 0.2) is 0 Å². The van der Waals surface area contributed by atoms with E-state index in [1.165, 1.54) is 6.92 Å². The molecule has 0 radical (unpaired) electrons. The molecule has 4 N–H and O–H groups in total. The van der Waals surface area contributed by atoms with Gasteiger partial charge in [-0.2, -0.15) is 0 Å². The van der Waals surface area contributed by atoms with Crippen LogP contribution in [-0.4, -0.2) is 58.1 Å². The monoisotopic (exact) mass is 306 g/mol. The second-order valence-corrected chi connectivity index (χ2v) is 4.98. The SMILES string of the molecule is CC(=O)NC(CSCC(=O)NCCCC(=O)O)C(=O)O. The van der Waals surface area contributed by atoms with Gasteiger partial charge in [0.15, 0.2) is 0 Å². The molecule has 0 rings (SSSR count). The molecule has 0 aliphatic rings. The fourth-order valence-electron chi connectivity index (χ4n) is 1.21. The molecular weight excluding hydrogens is 288 g/mol. The van der Waals surface area contributed by atoms with Crippen molar-refractivity contribution in [1.29, 1.82) is 0 Å². The lowest BCUT2D eigenvalue weighted by molar-refractivity contribution is -0.140. The van der Waals surface area contributed by atoms with E-state index >= 15 is 0 Å². The molecule has 0 aromatic carbocycles. The van der Waals surface area contributed by atoms with Crippen LogP contribution in [0.5, 0.6) is 0 Å². The smallest absolute Gasteiger partial charge is 0.327 e. The van der Waals surface area contributed by atoms with Gasteiger partial charge in [0.05, 0.1) is 5.75 Å². The summed E-state index contributed by atoms with van der Waals surface area (Å²) in [6, 6.07) is -1.03. The Balaban J connectivity index is 3.80. The Labute approximate surface area is 120 Å². The third kappa shape index (κ3) is 10.2. The Morgan fingerprint density at radius 1 is 1.20 bits per heavy atom. The molecule has 0 heterocycles. The van der Waals surface area contributed by atoms with Crippen molar-refractivity contribution in [1.82, 2.24) is 10.6 Å². The third-order valence-electron chi connectivity index (χ3n) is 2.08. The van der Waals surface area contributed by atoms with Crippen molar-refractivity contribution in [3.05, 3.63) is 0 Å². The summed E-state index contributed by atoms with van der Waals surface area (Å²) in [5.41, 5.74) is 0. The number of carboxylic acid groups (broad SMARTS) is 2. The molecule has 0 aromatic rings. The van der Waals surface area contributed by atoms with E-state index < -0.39 is 23.9 Å². The summed E-state index contributed by atoms with van der Waals surface area (Å²) in [6.45, 7) is 1.48. The number of carboxylic acids is 2. The van der Waals surface area contributed by atoms with Crippen LogP contribution >= 0.6 is 11.8 Å². The molecule has 1 atom stereocenters. The van der Waals surface area contributed by atoms with Gasteiger partial charge in [-0.05, 0) is 6.42 Å². The summed E-state index contributed by atoms with van der Waals surface area (Å²) in [6.07, 6.45) is 0.326. The van der Waals surface area contributed by atoms with Gasteiger partial charge in [-0.25, -0.2) is 4.79 Å². The molecule has 20 heavy (non-hydrogen) atoms. The minimum Gasteiger partial charge on any atom is -0.481 e. The number of carbonyl (C=O) groups is 4. The summed E-state index contributed by atoms with van der Waals surface area (Å²) in [5, 5.41) is 22.0. The van der Waals surface area contributed by atoms with Crippen LogP contribution in [0.1, 0.15) is 19.8 Å². The molecule has 0 saturated carbocycles. The van der Waals surface area contributed by atoms with Crippen molar-refractivity contribution in [2.75, 3.05) is 18.1 Å². The van der Waals surface area contributed by atoms with E-state index in [0.717, 1.165) is 11.8 Å². The number of amides is 2. The molecular formula is C11H18N2O6S. The van der Waals surface area contributed by atoms with Crippen LogP contribution in [0, 0.1) is 0 Å². The van der Waals surface area contributed by atoms with E-state index in [-0.39, 0.29) is 30.4 Å². The van der Waals surface area contributed by atoms with E-state index in [9.17, 15) is 19.2 Å². The average molecular weight is 306 g/mol. The van der Waals surface area contributed by atoms with Gasteiger partial charge in [-0.3, -0.25) is 14.4 Å². The van der Waals surface area contributed by atoms with Gasteiger partial charge in [0.2, 0.25) is 11.8 Å². The lowest BCUT2D eigenvalue weighted by Gasteiger charge is -2.12. The molecule has 0 aliphatic carbocycles. The molecule has 1 unspecified atom stereocenters. The first-order valence-electron chi connectivity index (χ1n) is 5.89. The largest absolute Gasteiger partial charge is 0.481 e. The maximum atomic E-state index is 11.3. The van der Waals surface area contributed by atoms with Crippen LogP contribution in [0.4, 0.5) is 0 Å². The van der Waals surface area contributed by atoms with Gasteiger partial charge >= 0.3 is 11.9 Å². The van der Waals surface area contributed by atoms with Crippen molar-refractivity contribution in [3.63, 3.8) is 0 Å². The van der Waals surface area contributed by atoms with Crippen molar-refractivity contribution in [3.8, 4) is 0 Å². The highest BCUT2D eigenvalue weighted by Crippen LogP contribution is 2.03. The van der Waals surface area contributed by atoms with Crippen molar-refractivity contribution in [2.45, 2.75) is 25.8 Å². The highest BCUT2D eigenvalue weighted by Gasteiger charge is 2.18. The number of aliphatic carboxylic acids is 2. The first-order valence-corrected chi connectivity index (χ1v) is 7.04. The first-order chi connectivity index (χ1) is 9.32. The topological polar surface area (TPSA) is 133 Å². The van der Waals surface area contributed by atoms with Gasteiger partial charge in [0.1, 0.15) is 6.04 Å². The maximum Gasteiger partial charge on any atom is 0.327 e. The normalized spacial score (nSPS) is 11.4. The fraction of sp³-hybridized carbons (Fsp3) is 0.636. The lowest BCUT2D eigenvalue weighted by atomic mass is 10.3. The standard InChI is InChI=1S/C11H18N2O6S/c1-7(14)13-8(11(18)19)5-20-6-9(15)12-4-2-3-10(16)17/h8H,2-6H2,1H3,(H,12,15)(H,13,14)(H,16,17)(H,18,19). The highest BCUT2D eigenvalue weighted by molar-refractivity contribution is 8.00. The Morgan fingerprint density at radius 3 is 2.35 bits per heavy atom. The number of thioether (sulfide) groups is 1. The minimum absolute atomic E-state index is 0.0168. The molecule has 114 valence electrons. The van der Waals surface area contributed by atoms with Crippen molar-refractivity contribution < 1.29 is 29.4 Å². The predicted molar refractivity (Wildman–Crippen MR) is 72.4 cm³/mol. The Hall–Kier alpha value is -1.77. The molecule has 0 fully saturated rings. The van der Waals surface area contributed by atoms with Crippen LogP contribution in [0.25, 0.3) is 0 Å². The van der Waals surface area contributed by atoms with Crippen molar-refractivity contribution >= 4 is 35.5 Å². The summed E-state index contributed by atoms with van der Waals surface area (Å²) < 4.78 is 0. The number of hydrogen-bond donors (Lipinski definition) is 4. The molecule has 8 nitrogen and oxygen atoms in total. The Kier molecular flexibility index (Phi) is 9.18. The molecule has 2 amide bonds. The van der Waals surface area contributed by atoms with Crippen LogP contribution in [0.2, 0.25) is 0 Å². The molecule has 0 aliphatic heterocycles. The quantitative estimate of drug-likeness (QED) is 0.392. The molecule has 0 aromatic heterocycles. The summed E-state index contributed by atoms with van der Waals surface area (Å²) in [5.74, 6) is -2.69. The van der Waals surface area contributed by atoms with Crippen LogP contribution in [-0.2, 0) is 19.2 Å². The van der Waals surface area contributed by atoms with Crippen LogP contribution < -0.4 is 10.6 Å². The molecule has 0 spiro atoms. The van der Waals surface area contributed by atoms with Gasteiger partial charge < -0.3 is 20.8 Å². The first kappa shape index (κ1) is 18.2. The van der Waals surface area contributed by atoms with Crippen molar-refractivity contribution in [2.24, 2.45) is 0 Å². The minimum atomic E-state index is -1.16. The average Bonchev–Trinajstić information content (AvgIpc) is 2.32. The Morgan fingerprint density at radius 2 is 1.85 bits per heavy atom. The molecule has 0 saturated heterocycles. The maximum absolute atomic E-state index is 11.3. The van der Waals surface area contributed by atoms with Gasteiger partial charge in [-0.1, -0.05) is 0 Å². The van der Waals surface area contributed by atoms with Crippen LogP contribution in [0.3, 0.4) is 0 Å². The fourth-order valence-corrected chi connectivity index (χ4v) is 2.07. The predicted octanol–water partition coefficient (Wildman–Crippen LogP) is -0.710. The van der Waals surface area contributed by atoms with Gasteiger partial charge in [0.25, 0.3) is 0 Å². The Bertz CT molecular complexity index is 374. The highest BCUT2D eigenvalue weighted by atomic mass is 32.2. The second-order valence-electron chi connectivity index (χ2n) is 3.95. The zero-order valence-corrected chi connectivity index (χ0v) is 11.9. The van der Waals surface area contributed by atoms with E-state index in [0.29, 0.717) is 6.42 Å². The van der Waals surface area contributed by atoms with E-state index in [1.807, 2.05) is 0 Å². The zero-order valence-electron chi connectivity index (χ0n) is 11.0. The summed E-state index contributed by atoms with van der Waals surface area (Å²) >= 11 is 1.08. The van der Waals surface area contributed by atoms with E-state index in [4.69, 9.17) is 10.2 Å². The number of carbonyl (C=O) groups excluding carboxylic acids is 2. The number of nitrogens with one attached hydrogen (secondary N) is 2. The van der Waals surface area contributed by atoms with Gasteiger partial charge in [-0.15, -0.1) is 11.8 Å². The summed E-state index contributed by atoms with van der Waals surface area (Å²) in [4.78, 5) is 43.2. The second kappa shape index (κ2) is 10.1. The lowest BCUT2D eigenvalue weighted by Crippen LogP contribution is -2.41. The summed E-state index contributed by atoms with van der Waals surface area (Å²) in [7, 11) is 0. The zero-order chi connectivity index (χ0) is 15.5. The van der Waals surface area contributed by atoms with Gasteiger partial charge in [0, 0.05) is 25.6 Å².